The first-order valence-corrected chi connectivity index (χ1v) is 11.7. The Kier molecular flexibility index (Phi) is 8.04. The van der Waals surface area contributed by atoms with Gasteiger partial charge >= 0.3 is 0 Å². The summed E-state index contributed by atoms with van der Waals surface area (Å²) in [7, 11) is 3.49. The van der Waals surface area contributed by atoms with Crippen LogP contribution in [0.1, 0.15) is 19.3 Å². The van der Waals surface area contributed by atoms with Gasteiger partial charge in [0.05, 0.1) is 12.8 Å². The van der Waals surface area contributed by atoms with E-state index in [4.69, 9.17) is 14.2 Å². The average molecular weight is 465 g/mol. The lowest BCUT2D eigenvalue weighted by atomic mass is 10.1. The molecular formula is C26H32N4O4. The molecule has 0 aliphatic carbocycles. The number of carbonyl (C=O) groups excluding carboxylic acids is 1. The summed E-state index contributed by atoms with van der Waals surface area (Å²) in [5.74, 6) is 1.86. The number of nitrogens with one attached hydrogen (secondary N) is 1. The quantitative estimate of drug-likeness (QED) is 0.489. The fourth-order valence-electron chi connectivity index (χ4n) is 4.06. The molecule has 180 valence electrons. The summed E-state index contributed by atoms with van der Waals surface area (Å²) in [4.78, 5) is 14.9. The van der Waals surface area contributed by atoms with Crippen LogP contribution in [0, 0.1) is 0 Å². The minimum absolute atomic E-state index is 0.0958. The maximum absolute atomic E-state index is 12.5. The van der Waals surface area contributed by atoms with E-state index < -0.39 is 0 Å². The summed E-state index contributed by atoms with van der Waals surface area (Å²) in [5, 5.41) is 7.20. The van der Waals surface area contributed by atoms with Crippen LogP contribution in [0.2, 0.25) is 0 Å². The number of likely N-dealkylation sites (tertiary alicyclic amines) is 1. The highest BCUT2D eigenvalue weighted by molar-refractivity contribution is 5.93. The molecule has 0 radical (unpaired) electrons. The lowest BCUT2D eigenvalue weighted by molar-refractivity contribution is -0.118. The monoisotopic (exact) mass is 464 g/mol. The Labute approximate surface area is 200 Å². The zero-order valence-corrected chi connectivity index (χ0v) is 19.8. The first-order valence-electron chi connectivity index (χ1n) is 11.7. The zero-order chi connectivity index (χ0) is 23.8. The van der Waals surface area contributed by atoms with Gasteiger partial charge in [-0.05, 0) is 74.5 Å². The van der Waals surface area contributed by atoms with Gasteiger partial charge in [0.15, 0.2) is 6.61 Å². The first-order chi connectivity index (χ1) is 16.6. The predicted molar refractivity (Wildman–Crippen MR) is 132 cm³/mol. The minimum atomic E-state index is -0.245. The number of aryl methyl sites for hydroxylation is 1. The van der Waals surface area contributed by atoms with Crippen molar-refractivity contribution in [3.63, 3.8) is 0 Å². The molecule has 2 aromatic carbocycles. The number of piperidine rings is 1. The topological polar surface area (TPSA) is 77.9 Å². The smallest absolute Gasteiger partial charge is 0.262 e. The molecule has 1 N–H and O–H groups in total. The number of amides is 1. The second-order valence-corrected chi connectivity index (χ2v) is 8.31. The molecule has 1 aliphatic heterocycles. The summed E-state index contributed by atoms with van der Waals surface area (Å²) >= 11 is 0. The third kappa shape index (κ3) is 6.29. The predicted octanol–water partition coefficient (Wildman–Crippen LogP) is 3.98. The first kappa shape index (κ1) is 23.6. The van der Waals surface area contributed by atoms with E-state index in [1.807, 2.05) is 31.3 Å². The van der Waals surface area contributed by atoms with Gasteiger partial charge in [0.25, 0.3) is 5.91 Å². The van der Waals surface area contributed by atoms with Crippen LogP contribution in [-0.2, 0) is 11.8 Å². The van der Waals surface area contributed by atoms with Gasteiger partial charge in [0.1, 0.15) is 23.9 Å². The molecule has 8 nitrogen and oxygen atoms in total. The number of nitrogens with zero attached hydrogens (tertiary/aromatic N) is 3. The number of benzene rings is 2. The van der Waals surface area contributed by atoms with Gasteiger partial charge in [0, 0.05) is 31.0 Å². The van der Waals surface area contributed by atoms with Gasteiger partial charge in [-0.3, -0.25) is 14.4 Å². The minimum Gasteiger partial charge on any atom is -0.497 e. The molecule has 0 spiro atoms. The third-order valence-corrected chi connectivity index (χ3v) is 5.90. The van der Waals surface area contributed by atoms with Gasteiger partial charge in [0.2, 0.25) is 0 Å². The second-order valence-electron chi connectivity index (χ2n) is 8.31. The lowest BCUT2D eigenvalue weighted by Gasteiger charge is -2.26. The zero-order valence-electron chi connectivity index (χ0n) is 19.8. The van der Waals surface area contributed by atoms with E-state index in [2.05, 4.69) is 15.3 Å². The van der Waals surface area contributed by atoms with Crippen molar-refractivity contribution in [2.75, 3.05) is 45.3 Å². The fraction of sp³-hybridized carbons (Fsp3) is 0.385. The number of anilines is 1. The van der Waals surface area contributed by atoms with Gasteiger partial charge < -0.3 is 19.5 Å². The van der Waals surface area contributed by atoms with Crippen LogP contribution in [0.15, 0.2) is 54.7 Å². The molecule has 0 atom stereocenters. The maximum atomic E-state index is 12.5. The van der Waals surface area contributed by atoms with Crippen molar-refractivity contribution in [1.82, 2.24) is 14.7 Å². The van der Waals surface area contributed by atoms with E-state index in [0.29, 0.717) is 18.0 Å². The Balaban J connectivity index is 1.39. The third-order valence-electron chi connectivity index (χ3n) is 5.90. The van der Waals surface area contributed by atoms with Crippen molar-refractivity contribution in [1.29, 1.82) is 0 Å². The van der Waals surface area contributed by atoms with Crippen LogP contribution >= 0.6 is 0 Å². The highest BCUT2D eigenvalue weighted by atomic mass is 16.5. The summed E-state index contributed by atoms with van der Waals surface area (Å²) < 4.78 is 18.7. The Morgan fingerprint density at radius 2 is 1.76 bits per heavy atom. The Bertz CT molecular complexity index is 1070. The van der Waals surface area contributed by atoms with E-state index >= 15 is 0 Å². The number of hydrogen-bond donors (Lipinski definition) is 1. The molecule has 2 heterocycles. The molecule has 1 fully saturated rings. The van der Waals surface area contributed by atoms with Crippen LogP contribution in [0.25, 0.3) is 11.3 Å². The van der Waals surface area contributed by atoms with Gasteiger partial charge in [-0.15, -0.1) is 0 Å². The van der Waals surface area contributed by atoms with Crippen LogP contribution < -0.4 is 19.5 Å². The van der Waals surface area contributed by atoms with Crippen LogP contribution in [0.3, 0.4) is 0 Å². The standard InChI is InChI=1S/C26H32N4O4/c1-29-24(12-13-27-29)23-18-20(6-11-25(23)33-17-16-30-14-4-3-5-15-30)28-26(31)19-34-22-9-7-21(32-2)8-10-22/h6-13,18H,3-5,14-17,19H2,1-2H3,(H,28,31). The molecule has 34 heavy (non-hydrogen) atoms. The van der Waals surface area contributed by atoms with E-state index in [9.17, 15) is 4.79 Å². The number of hydrogen-bond acceptors (Lipinski definition) is 6. The number of rotatable bonds is 10. The van der Waals surface area contributed by atoms with Crippen molar-refractivity contribution in [3.05, 3.63) is 54.7 Å². The average Bonchev–Trinajstić information content (AvgIpc) is 3.30. The SMILES string of the molecule is COc1ccc(OCC(=O)Nc2ccc(OCCN3CCCCC3)c(-c3ccnn3C)c2)cc1. The van der Waals surface area contributed by atoms with E-state index in [0.717, 1.165) is 42.4 Å². The number of aromatic nitrogens is 2. The Hall–Kier alpha value is -3.52. The number of ether oxygens (including phenoxy) is 3. The van der Waals surface area contributed by atoms with Crippen molar-refractivity contribution in [3.8, 4) is 28.5 Å². The summed E-state index contributed by atoms with van der Waals surface area (Å²) in [5.41, 5.74) is 2.47. The fourth-order valence-corrected chi connectivity index (χ4v) is 4.06. The van der Waals surface area contributed by atoms with Crippen molar-refractivity contribution >= 4 is 11.6 Å². The number of methoxy groups -OCH3 is 1. The second kappa shape index (κ2) is 11.6. The molecule has 8 heteroatoms. The van der Waals surface area contributed by atoms with Crippen molar-refractivity contribution in [2.24, 2.45) is 7.05 Å². The van der Waals surface area contributed by atoms with Gasteiger partial charge in [-0.1, -0.05) is 6.42 Å². The Morgan fingerprint density at radius 1 is 1.00 bits per heavy atom. The van der Waals surface area contributed by atoms with Crippen LogP contribution in [-0.4, -0.2) is 60.5 Å². The van der Waals surface area contributed by atoms with Crippen LogP contribution in [0.4, 0.5) is 5.69 Å². The van der Waals surface area contributed by atoms with E-state index in [1.165, 1.54) is 19.3 Å². The highest BCUT2D eigenvalue weighted by Crippen LogP contribution is 2.32. The van der Waals surface area contributed by atoms with Crippen molar-refractivity contribution < 1.29 is 19.0 Å². The summed E-state index contributed by atoms with van der Waals surface area (Å²) in [6, 6.07) is 14.7. The van der Waals surface area contributed by atoms with Crippen molar-refractivity contribution in [2.45, 2.75) is 19.3 Å². The lowest BCUT2D eigenvalue weighted by Crippen LogP contribution is -2.33. The van der Waals surface area contributed by atoms with Gasteiger partial charge in [-0.25, -0.2) is 0 Å². The Morgan fingerprint density at radius 3 is 2.47 bits per heavy atom. The molecule has 1 saturated heterocycles. The summed E-state index contributed by atoms with van der Waals surface area (Å²) in [6.45, 7) is 3.71. The van der Waals surface area contributed by atoms with Crippen LogP contribution in [0.5, 0.6) is 17.2 Å². The molecule has 1 aromatic heterocycles. The van der Waals surface area contributed by atoms with Gasteiger partial charge in [-0.2, -0.15) is 5.10 Å². The maximum Gasteiger partial charge on any atom is 0.262 e. The molecule has 0 bridgehead atoms. The highest BCUT2D eigenvalue weighted by Gasteiger charge is 2.14. The van der Waals surface area contributed by atoms with E-state index in [-0.39, 0.29) is 12.5 Å². The van der Waals surface area contributed by atoms with E-state index in [1.54, 1.807) is 42.3 Å². The molecular weight excluding hydrogens is 432 g/mol. The normalized spacial score (nSPS) is 13.9. The molecule has 4 rings (SSSR count). The molecule has 1 amide bonds. The molecule has 0 unspecified atom stereocenters. The molecule has 3 aromatic rings. The summed E-state index contributed by atoms with van der Waals surface area (Å²) in [6.07, 6.45) is 5.59. The number of carbonyl (C=O) groups is 1. The largest absolute Gasteiger partial charge is 0.497 e. The molecule has 1 aliphatic rings. The molecule has 0 saturated carbocycles.